The van der Waals surface area contributed by atoms with Crippen LogP contribution in [0.1, 0.15) is 36.8 Å². The van der Waals surface area contributed by atoms with Crippen LogP contribution < -0.4 is 9.80 Å². The van der Waals surface area contributed by atoms with E-state index in [0.29, 0.717) is 26.3 Å². The van der Waals surface area contributed by atoms with Crippen molar-refractivity contribution in [3.8, 4) is 0 Å². The van der Waals surface area contributed by atoms with Crippen LogP contribution in [-0.4, -0.2) is 44.3 Å². The number of cyclic esters (lactones) is 2. The maximum atomic E-state index is 13.1. The Morgan fingerprint density at radius 2 is 1.10 bits per heavy atom. The van der Waals surface area contributed by atoms with Crippen molar-refractivity contribution in [2.24, 2.45) is 0 Å². The van der Waals surface area contributed by atoms with Gasteiger partial charge >= 0.3 is 12.2 Å². The Bertz CT molecular complexity index is 877. The van der Waals surface area contributed by atoms with Crippen molar-refractivity contribution in [2.45, 2.75) is 25.7 Å². The number of rotatable bonds is 6. The van der Waals surface area contributed by atoms with Crippen LogP contribution >= 0.6 is 0 Å². The molecule has 2 unspecified atom stereocenters. The molecule has 2 aliphatic rings. The highest BCUT2D eigenvalue weighted by Gasteiger charge is 2.27. The van der Waals surface area contributed by atoms with Crippen LogP contribution in [0.4, 0.5) is 21.0 Å². The summed E-state index contributed by atoms with van der Waals surface area (Å²) in [5.41, 5.74) is 3.34. The molecule has 30 heavy (non-hydrogen) atoms. The van der Waals surface area contributed by atoms with Gasteiger partial charge in [-0.05, 0) is 35.4 Å². The zero-order valence-corrected chi connectivity index (χ0v) is 17.0. The normalized spacial score (nSPS) is 18.2. The van der Waals surface area contributed by atoms with Gasteiger partial charge in [-0.1, -0.05) is 38.1 Å². The van der Waals surface area contributed by atoms with Gasteiger partial charge in [-0.3, -0.25) is 14.6 Å². The molecule has 2 atom stereocenters. The molecule has 2 aromatic rings. The van der Waals surface area contributed by atoms with Crippen molar-refractivity contribution in [2.75, 3.05) is 36.1 Å². The fourth-order valence-electron chi connectivity index (χ4n) is 3.85. The van der Waals surface area contributed by atoms with Crippen molar-refractivity contribution in [1.29, 1.82) is 0 Å². The molecule has 4 rings (SSSR count). The van der Waals surface area contributed by atoms with Crippen molar-refractivity contribution in [1.82, 2.24) is 0 Å². The minimum atomic E-state index is -0.342. The summed E-state index contributed by atoms with van der Waals surface area (Å²) in [5.74, 6) is -0.461. The number of ketones is 1. The van der Waals surface area contributed by atoms with E-state index < -0.39 is 0 Å². The van der Waals surface area contributed by atoms with Gasteiger partial charge in [0, 0.05) is 23.2 Å². The zero-order chi connectivity index (χ0) is 21.3. The first-order valence-corrected chi connectivity index (χ1v) is 10.1. The van der Waals surface area contributed by atoms with Gasteiger partial charge in [0.25, 0.3) is 0 Å². The minimum Gasteiger partial charge on any atom is -0.447 e. The Morgan fingerprint density at radius 3 is 1.40 bits per heavy atom. The SMILES string of the molecule is CC(C(=O)C(C)c1ccc(N2CCOC2=O)cc1)c1ccc(N2CCOC2=O)cc1. The number of hydrogen-bond acceptors (Lipinski definition) is 5. The number of Topliss-reactive ketones (excluding diaryl/α,β-unsaturated/α-hetero) is 1. The highest BCUT2D eigenvalue weighted by Crippen LogP contribution is 2.29. The van der Waals surface area contributed by atoms with Crippen molar-refractivity contribution in [3.05, 3.63) is 59.7 Å². The van der Waals surface area contributed by atoms with Crippen LogP contribution in [0.25, 0.3) is 0 Å². The fourth-order valence-corrected chi connectivity index (χ4v) is 3.85. The highest BCUT2D eigenvalue weighted by atomic mass is 16.6. The van der Waals surface area contributed by atoms with Crippen LogP contribution in [-0.2, 0) is 14.3 Å². The highest BCUT2D eigenvalue weighted by molar-refractivity contribution is 5.93. The molecule has 7 heteroatoms. The number of carbonyl (C=O) groups is 3. The van der Waals surface area contributed by atoms with Crippen LogP contribution in [0.3, 0.4) is 0 Å². The number of carbonyl (C=O) groups excluding carboxylic acids is 3. The lowest BCUT2D eigenvalue weighted by Gasteiger charge is -2.19. The molecule has 2 fully saturated rings. The molecular formula is C23H24N2O5. The molecule has 2 heterocycles. The first-order valence-electron chi connectivity index (χ1n) is 10.1. The number of ether oxygens (including phenoxy) is 2. The molecular weight excluding hydrogens is 384 g/mol. The summed E-state index contributed by atoms with van der Waals surface area (Å²) in [6, 6.07) is 14.9. The average Bonchev–Trinajstić information content (AvgIpc) is 3.40. The molecule has 7 nitrogen and oxygen atoms in total. The second-order valence-corrected chi connectivity index (χ2v) is 7.56. The molecule has 2 saturated heterocycles. The monoisotopic (exact) mass is 408 g/mol. The van der Waals surface area contributed by atoms with E-state index in [1.165, 1.54) is 0 Å². The summed E-state index contributed by atoms with van der Waals surface area (Å²) in [7, 11) is 0. The van der Waals surface area contributed by atoms with Crippen LogP contribution in [0.15, 0.2) is 48.5 Å². The molecule has 2 aromatic carbocycles. The first-order chi connectivity index (χ1) is 14.5. The van der Waals surface area contributed by atoms with E-state index in [2.05, 4.69) is 0 Å². The summed E-state index contributed by atoms with van der Waals surface area (Å²) < 4.78 is 9.93. The van der Waals surface area contributed by atoms with Gasteiger partial charge in [0.15, 0.2) is 0 Å². The molecule has 0 aliphatic carbocycles. The predicted molar refractivity (Wildman–Crippen MR) is 112 cm³/mol. The summed E-state index contributed by atoms with van der Waals surface area (Å²) in [6.07, 6.45) is -0.683. The number of hydrogen-bond donors (Lipinski definition) is 0. The molecule has 156 valence electrons. The quantitative estimate of drug-likeness (QED) is 0.720. The molecule has 2 aliphatic heterocycles. The van der Waals surface area contributed by atoms with Crippen LogP contribution in [0.2, 0.25) is 0 Å². The second kappa shape index (κ2) is 8.18. The topological polar surface area (TPSA) is 76.2 Å². The van der Waals surface area contributed by atoms with Gasteiger partial charge < -0.3 is 9.47 Å². The number of benzene rings is 2. The van der Waals surface area contributed by atoms with Gasteiger partial charge in [-0.25, -0.2) is 9.59 Å². The molecule has 0 saturated carbocycles. The lowest BCUT2D eigenvalue weighted by atomic mass is 9.85. The van der Waals surface area contributed by atoms with E-state index in [9.17, 15) is 14.4 Å². The Hall–Kier alpha value is -3.35. The summed E-state index contributed by atoms with van der Waals surface area (Å²) in [6.45, 7) is 5.65. The molecule has 2 amide bonds. The van der Waals surface area contributed by atoms with Crippen molar-refractivity contribution >= 4 is 29.3 Å². The minimum absolute atomic E-state index is 0.108. The second-order valence-electron chi connectivity index (χ2n) is 7.56. The summed E-state index contributed by atoms with van der Waals surface area (Å²) >= 11 is 0. The largest absolute Gasteiger partial charge is 0.447 e. The van der Waals surface area contributed by atoms with Crippen LogP contribution in [0, 0.1) is 0 Å². The number of amides is 2. The standard InChI is InChI=1S/C23H24N2O5/c1-15(17-3-7-19(8-4-17)24-11-13-29-22(24)27)21(26)16(2)18-5-9-20(10-6-18)25-12-14-30-23(25)28/h3-10,15-16H,11-14H2,1-2H3. The third kappa shape index (κ3) is 3.75. The molecule has 0 bridgehead atoms. The maximum absolute atomic E-state index is 13.1. The van der Waals surface area contributed by atoms with Gasteiger partial charge in [0.05, 0.1) is 13.1 Å². The van der Waals surface area contributed by atoms with Gasteiger partial charge in [0.1, 0.15) is 19.0 Å². The van der Waals surface area contributed by atoms with Crippen LogP contribution in [0.5, 0.6) is 0 Å². The summed E-state index contributed by atoms with van der Waals surface area (Å²) in [4.78, 5) is 39.6. The van der Waals surface area contributed by atoms with E-state index in [-0.39, 0.29) is 29.8 Å². The smallest absolute Gasteiger partial charge is 0.414 e. The average molecular weight is 408 g/mol. The fraction of sp³-hybridized carbons (Fsp3) is 0.348. The lowest BCUT2D eigenvalue weighted by molar-refractivity contribution is -0.121. The lowest BCUT2D eigenvalue weighted by Crippen LogP contribution is -2.23. The predicted octanol–water partition coefficient (Wildman–Crippen LogP) is 4.08. The number of anilines is 2. The zero-order valence-electron chi connectivity index (χ0n) is 17.0. The van der Waals surface area contributed by atoms with Crippen molar-refractivity contribution < 1.29 is 23.9 Å². The van der Waals surface area contributed by atoms with Gasteiger partial charge in [-0.15, -0.1) is 0 Å². The van der Waals surface area contributed by atoms with E-state index in [4.69, 9.17) is 9.47 Å². The first kappa shape index (κ1) is 19.9. The molecule has 0 radical (unpaired) electrons. The van der Waals surface area contributed by atoms with Gasteiger partial charge in [0.2, 0.25) is 0 Å². The maximum Gasteiger partial charge on any atom is 0.414 e. The van der Waals surface area contributed by atoms with E-state index >= 15 is 0 Å². The van der Waals surface area contributed by atoms with Crippen molar-refractivity contribution in [3.63, 3.8) is 0 Å². The Morgan fingerprint density at radius 1 is 0.733 bits per heavy atom. The molecule has 0 aromatic heterocycles. The third-order valence-corrected chi connectivity index (χ3v) is 5.78. The Labute approximate surface area is 175 Å². The van der Waals surface area contributed by atoms with Gasteiger partial charge in [-0.2, -0.15) is 0 Å². The van der Waals surface area contributed by atoms with E-state index in [0.717, 1.165) is 22.5 Å². The molecule has 0 N–H and O–H groups in total. The van der Waals surface area contributed by atoms with E-state index in [1.807, 2.05) is 62.4 Å². The number of nitrogens with zero attached hydrogens (tertiary/aromatic N) is 2. The Balaban J connectivity index is 1.44. The summed E-state index contributed by atoms with van der Waals surface area (Å²) in [5, 5.41) is 0. The van der Waals surface area contributed by atoms with E-state index in [1.54, 1.807) is 9.80 Å². The Kier molecular flexibility index (Phi) is 5.44. The third-order valence-electron chi connectivity index (χ3n) is 5.78. The molecule has 0 spiro atoms.